The minimum Gasteiger partial charge on any atom is -0.481 e. The quantitative estimate of drug-likeness (QED) is 0.217. The van der Waals surface area contributed by atoms with Crippen molar-refractivity contribution in [1.82, 2.24) is 28.9 Å². The van der Waals surface area contributed by atoms with Gasteiger partial charge in [0.25, 0.3) is 11.8 Å². The van der Waals surface area contributed by atoms with Crippen LogP contribution in [-0.2, 0) is 44.8 Å². The molecule has 4 heterocycles. The number of likely N-dealkylation sites (N-methyl/N-ethyl adjacent to an activating group) is 1. The van der Waals surface area contributed by atoms with E-state index >= 15 is 0 Å². The number of aromatic nitrogens is 4. The van der Waals surface area contributed by atoms with Crippen molar-refractivity contribution in [3.05, 3.63) is 81.4 Å². The molecule has 0 bridgehead atoms. The van der Waals surface area contributed by atoms with Crippen molar-refractivity contribution in [2.24, 2.45) is 25.9 Å². The summed E-state index contributed by atoms with van der Waals surface area (Å²) in [4.78, 5) is 52.5. The predicted molar refractivity (Wildman–Crippen MR) is 196 cm³/mol. The summed E-state index contributed by atoms with van der Waals surface area (Å²) in [5, 5.41) is 15.8. The zero-order valence-corrected chi connectivity index (χ0v) is 30.4. The Hall–Kier alpha value is -4.52. The number of nitrogens with zero attached hydrogens (tertiary/aromatic N) is 6. The molecule has 0 atom stereocenters. The van der Waals surface area contributed by atoms with Gasteiger partial charge in [-0.2, -0.15) is 0 Å². The Kier molecular flexibility index (Phi) is 9.75. The van der Waals surface area contributed by atoms with Crippen LogP contribution in [0.25, 0.3) is 11.1 Å². The minimum atomic E-state index is -0.677. The van der Waals surface area contributed by atoms with Crippen LogP contribution in [0.1, 0.15) is 75.3 Å². The summed E-state index contributed by atoms with van der Waals surface area (Å²) in [6, 6.07) is 11.2. The van der Waals surface area contributed by atoms with Gasteiger partial charge in [-0.3, -0.25) is 19.3 Å². The summed E-state index contributed by atoms with van der Waals surface area (Å²) < 4.78 is 3.77. The highest BCUT2D eigenvalue weighted by Crippen LogP contribution is 2.38. The van der Waals surface area contributed by atoms with Gasteiger partial charge in [0.2, 0.25) is 0 Å². The molecule has 0 radical (unpaired) electrons. The molecule has 7 rings (SSSR count). The monoisotopic (exact) mass is 712 g/mol. The first kappa shape index (κ1) is 34.9. The highest BCUT2D eigenvalue weighted by molar-refractivity contribution is 6.36. The van der Waals surface area contributed by atoms with E-state index in [2.05, 4.69) is 25.4 Å². The number of carbonyl (C=O) groups is 3. The van der Waals surface area contributed by atoms with E-state index in [4.69, 9.17) is 16.6 Å². The number of benzene rings is 2. The van der Waals surface area contributed by atoms with Crippen molar-refractivity contribution >= 4 is 40.8 Å². The van der Waals surface area contributed by atoms with Crippen LogP contribution in [-0.4, -0.2) is 78.5 Å². The number of fused-ring (bicyclic) bond motifs is 2. The van der Waals surface area contributed by atoms with Crippen molar-refractivity contribution in [1.29, 1.82) is 0 Å². The van der Waals surface area contributed by atoms with E-state index in [1.807, 2.05) is 67.5 Å². The fourth-order valence-corrected chi connectivity index (χ4v) is 8.29. The molecule has 3 N–H and O–H groups in total. The van der Waals surface area contributed by atoms with Crippen molar-refractivity contribution in [2.45, 2.75) is 58.5 Å². The zero-order valence-electron chi connectivity index (χ0n) is 29.6. The van der Waals surface area contributed by atoms with E-state index in [1.54, 1.807) is 6.07 Å². The predicted octanol–water partition coefficient (Wildman–Crippen LogP) is 5.52. The molecule has 12 nitrogen and oxygen atoms in total. The smallest absolute Gasteiger partial charge is 0.306 e. The van der Waals surface area contributed by atoms with Crippen molar-refractivity contribution < 1.29 is 19.5 Å². The number of anilines is 2. The number of carboxylic acid groups (broad SMARTS) is 1. The summed E-state index contributed by atoms with van der Waals surface area (Å²) in [5.41, 5.74) is 7.50. The maximum Gasteiger partial charge on any atom is 0.306 e. The van der Waals surface area contributed by atoms with Crippen LogP contribution in [0.15, 0.2) is 36.4 Å². The number of carboxylic acids is 1. The lowest BCUT2D eigenvalue weighted by atomic mass is 9.81. The second-order valence-electron chi connectivity index (χ2n) is 14.4. The molecule has 2 aromatic heterocycles. The van der Waals surface area contributed by atoms with Crippen LogP contribution in [0.4, 0.5) is 11.4 Å². The van der Waals surface area contributed by atoms with Crippen LogP contribution >= 0.6 is 11.6 Å². The molecule has 51 heavy (non-hydrogen) atoms. The fraction of sp³-hybridized carbons (Fsp3) is 0.447. The van der Waals surface area contributed by atoms with Crippen LogP contribution in [0.3, 0.4) is 0 Å². The Morgan fingerprint density at radius 3 is 2.02 bits per heavy atom. The molecule has 1 aliphatic carbocycles. The number of amides is 2. The normalized spacial score (nSPS) is 19.3. The highest BCUT2D eigenvalue weighted by atomic mass is 35.5. The third kappa shape index (κ3) is 6.92. The number of halogens is 1. The lowest BCUT2D eigenvalue weighted by Crippen LogP contribution is -2.36. The zero-order chi connectivity index (χ0) is 36.0. The van der Waals surface area contributed by atoms with E-state index in [0.29, 0.717) is 47.1 Å². The van der Waals surface area contributed by atoms with Gasteiger partial charge in [-0.05, 0) is 68.8 Å². The summed E-state index contributed by atoms with van der Waals surface area (Å²) in [6.07, 6.45) is 5.00. The molecule has 0 unspecified atom stereocenters. The average Bonchev–Trinajstić information content (AvgIpc) is 3.62. The van der Waals surface area contributed by atoms with Gasteiger partial charge in [0.1, 0.15) is 0 Å². The first-order valence-corrected chi connectivity index (χ1v) is 18.1. The molecule has 2 amide bonds. The molecule has 0 spiro atoms. The van der Waals surface area contributed by atoms with E-state index in [0.717, 1.165) is 97.6 Å². The number of hydrogen-bond acceptors (Lipinski definition) is 7. The van der Waals surface area contributed by atoms with Gasteiger partial charge < -0.3 is 29.8 Å². The second-order valence-corrected chi connectivity index (χ2v) is 14.7. The van der Waals surface area contributed by atoms with Gasteiger partial charge in [-0.1, -0.05) is 35.9 Å². The Bertz CT molecular complexity index is 2010. The van der Waals surface area contributed by atoms with Gasteiger partial charge in [0.15, 0.2) is 11.6 Å². The minimum absolute atomic E-state index is 0.212. The maximum atomic E-state index is 13.7. The largest absolute Gasteiger partial charge is 0.481 e. The average molecular weight is 713 g/mol. The van der Waals surface area contributed by atoms with Crippen LogP contribution in [0.2, 0.25) is 5.02 Å². The number of rotatable bonds is 8. The van der Waals surface area contributed by atoms with Crippen LogP contribution in [0.5, 0.6) is 0 Å². The van der Waals surface area contributed by atoms with Crippen LogP contribution in [0, 0.1) is 18.8 Å². The fourth-order valence-electron chi connectivity index (χ4n) is 8.02. The van der Waals surface area contributed by atoms with E-state index in [9.17, 15) is 19.5 Å². The topological polar surface area (TPSA) is 138 Å². The summed E-state index contributed by atoms with van der Waals surface area (Å²) in [5.74, 6) is -0.306. The maximum absolute atomic E-state index is 13.7. The molecule has 3 aliphatic rings. The molecule has 0 saturated heterocycles. The van der Waals surface area contributed by atoms with E-state index < -0.39 is 5.97 Å². The van der Waals surface area contributed by atoms with Gasteiger partial charge in [-0.25, -0.2) is 9.97 Å². The molecule has 1 fully saturated rings. The molecular weight excluding hydrogens is 668 g/mol. The Balaban J connectivity index is 1.04. The van der Waals surface area contributed by atoms with Gasteiger partial charge in [0, 0.05) is 82.3 Å². The number of carbonyl (C=O) groups excluding carboxylic acids is 2. The highest BCUT2D eigenvalue weighted by Gasteiger charge is 2.31. The van der Waals surface area contributed by atoms with Gasteiger partial charge >= 0.3 is 5.97 Å². The van der Waals surface area contributed by atoms with Crippen molar-refractivity contribution in [2.75, 3.05) is 37.3 Å². The molecule has 2 aromatic carbocycles. The summed E-state index contributed by atoms with van der Waals surface area (Å²) in [7, 11) is 5.82. The van der Waals surface area contributed by atoms with Gasteiger partial charge in [0.05, 0.1) is 28.0 Å². The lowest BCUT2D eigenvalue weighted by molar-refractivity contribution is -0.143. The molecule has 13 heteroatoms. The Morgan fingerprint density at radius 1 is 0.804 bits per heavy atom. The third-order valence-corrected chi connectivity index (χ3v) is 11.4. The van der Waals surface area contributed by atoms with Crippen molar-refractivity contribution in [3.8, 4) is 11.1 Å². The standard InChI is InChI=1S/C38H45ClN8O4/c1-22-25(26-8-6-10-28(33(26)39)43-37(49)35-40-29-20-44(2)17-15-31(29)45(35)3)7-5-9-27(22)42-36(48)34-41-30-21-47(18-16-32(30)46(34)4)19-23-11-13-24(14-12-23)38(50)51/h5-10,23-24H,11-21H2,1-4H3,(H,42,48)(H,43,49)(H,50,51)/t23-,24-. The summed E-state index contributed by atoms with van der Waals surface area (Å²) in [6.45, 7) is 6.05. The molecular formula is C38H45ClN8O4. The van der Waals surface area contributed by atoms with E-state index in [-0.39, 0.29) is 17.7 Å². The molecule has 2 aliphatic heterocycles. The number of hydrogen-bond donors (Lipinski definition) is 3. The summed E-state index contributed by atoms with van der Waals surface area (Å²) >= 11 is 6.95. The molecule has 268 valence electrons. The van der Waals surface area contributed by atoms with Gasteiger partial charge in [-0.15, -0.1) is 0 Å². The number of imidazole rings is 2. The number of aliphatic carboxylic acids is 1. The molecule has 1 saturated carbocycles. The Labute approximate surface area is 302 Å². The Morgan fingerprint density at radius 2 is 1.37 bits per heavy atom. The molecule has 4 aromatic rings. The lowest BCUT2D eigenvalue weighted by Gasteiger charge is -2.33. The third-order valence-electron chi connectivity index (χ3n) is 11.0. The first-order chi connectivity index (χ1) is 24.5. The second kappa shape index (κ2) is 14.2. The van der Waals surface area contributed by atoms with Crippen LogP contribution < -0.4 is 10.6 Å². The SMILES string of the molecule is Cc1c(NC(=O)c2nc3c(n2C)CCN(C[C@H]2CC[C@H](C(=O)O)CC2)C3)cccc1-c1cccc(NC(=O)c2nc3c(n2C)CCN(C)C3)c1Cl. The first-order valence-electron chi connectivity index (χ1n) is 17.7. The van der Waals surface area contributed by atoms with Crippen molar-refractivity contribution in [3.63, 3.8) is 0 Å². The number of nitrogens with one attached hydrogen (secondary N) is 2. The van der Waals surface area contributed by atoms with E-state index in [1.165, 1.54) is 0 Å².